The molecule has 20 heavy (non-hydrogen) atoms. The molecule has 1 aliphatic carbocycles. The fourth-order valence-electron chi connectivity index (χ4n) is 2.00. The number of rotatable bonds is 4. The van der Waals surface area contributed by atoms with Crippen molar-refractivity contribution in [3.63, 3.8) is 0 Å². The molecule has 2 aromatic rings. The topological polar surface area (TPSA) is 48.2 Å². The van der Waals surface area contributed by atoms with Crippen LogP contribution in [0.4, 0.5) is 0 Å². The molecule has 106 valence electrons. The highest BCUT2D eigenvalue weighted by atomic mass is 16.5. The maximum Gasteiger partial charge on any atom is 0.232 e. The number of ether oxygens (including phenoxy) is 1. The molecule has 1 saturated carbocycles. The van der Waals surface area contributed by atoms with Crippen LogP contribution in [-0.2, 0) is 12.0 Å². The van der Waals surface area contributed by atoms with Crippen molar-refractivity contribution >= 4 is 0 Å². The first-order valence-electron chi connectivity index (χ1n) is 7.06. The summed E-state index contributed by atoms with van der Waals surface area (Å²) in [5.74, 6) is 2.95. The van der Waals surface area contributed by atoms with Gasteiger partial charge in [0.25, 0.3) is 0 Å². The molecule has 0 spiro atoms. The standard InChI is InChI=1S/C16H20N2O2/c1-16(2,3)14-7-6-12(8-17-14)19-10-15-18-9-13(20-15)11-4-5-11/h6-9,11H,4-5,10H2,1-3H3. The number of hydrogen-bond donors (Lipinski definition) is 0. The molecule has 3 rings (SSSR count). The highest BCUT2D eigenvalue weighted by molar-refractivity contribution is 5.23. The monoisotopic (exact) mass is 272 g/mol. The molecule has 2 aromatic heterocycles. The van der Waals surface area contributed by atoms with Gasteiger partial charge in [0.05, 0.1) is 12.4 Å². The SMILES string of the molecule is CC(C)(C)c1ccc(OCc2ncc(C3CC3)o2)cn1. The van der Waals surface area contributed by atoms with E-state index in [0.29, 0.717) is 18.4 Å². The van der Waals surface area contributed by atoms with Gasteiger partial charge in [-0.3, -0.25) is 4.98 Å². The van der Waals surface area contributed by atoms with Crippen LogP contribution in [0.15, 0.2) is 28.9 Å². The molecule has 1 aliphatic rings. The molecule has 4 heteroatoms. The summed E-state index contributed by atoms with van der Waals surface area (Å²) in [5, 5.41) is 0. The minimum absolute atomic E-state index is 0.0558. The molecule has 0 atom stereocenters. The van der Waals surface area contributed by atoms with Gasteiger partial charge in [0.2, 0.25) is 5.89 Å². The summed E-state index contributed by atoms with van der Waals surface area (Å²) in [7, 11) is 0. The number of nitrogens with zero attached hydrogens (tertiary/aromatic N) is 2. The van der Waals surface area contributed by atoms with Crippen LogP contribution in [-0.4, -0.2) is 9.97 Å². The maximum absolute atomic E-state index is 5.65. The third-order valence-corrected chi connectivity index (χ3v) is 3.42. The molecular formula is C16H20N2O2. The Labute approximate surface area is 119 Å². The van der Waals surface area contributed by atoms with Gasteiger partial charge in [-0.25, -0.2) is 4.98 Å². The van der Waals surface area contributed by atoms with Crippen molar-refractivity contribution in [2.45, 2.75) is 51.6 Å². The van der Waals surface area contributed by atoms with Gasteiger partial charge in [-0.1, -0.05) is 20.8 Å². The van der Waals surface area contributed by atoms with Gasteiger partial charge in [0, 0.05) is 17.0 Å². The van der Waals surface area contributed by atoms with Crippen molar-refractivity contribution in [2.75, 3.05) is 0 Å². The van der Waals surface area contributed by atoms with Crippen LogP contribution in [0.3, 0.4) is 0 Å². The lowest BCUT2D eigenvalue weighted by atomic mass is 9.92. The number of oxazole rings is 1. The zero-order valence-corrected chi connectivity index (χ0v) is 12.2. The van der Waals surface area contributed by atoms with E-state index in [-0.39, 0.29) is 5.41 Å². The Kier molecular flexibility index (Phi) is 3.24. The zero-order chi connectivity index (χ0) is 14.2. The van der Waals surface area contributed by atoms with Crippen molar-refractivity contribution in [1.29, 1.82) is 0 Å². The van der Waals surface area contributed by atoms with Crippen LogP contribution in [0.5, 0.6) is 5.75 Å². The Morgan fingerprint density at radius 1 is 1.20 bits per heavy atom. The van der Waals surface area contributed by atoms with E-state index < -0.39 is 0 Å². The second kappa shape index (κ2) is 4.93. The number of hydrogen-bond acceptors (Lipinski definition) is 4. The summed E-state index contributed by atoms with van der Waals surface area (Å²) in [5.41, 5.74) is 1.11. The van der Waals surface area contributed by atoms with Gasteiger partial charge >= 0.3 is 0 Å². The Morgan fingerprint density at radius 2 is 2.00 bits per heavy atom. The van der Waals surface area contributed by atoms with Gasteiger partial charge in [-0.05, 0) is 25.0 Å². The van der Waals surface area contributed by atoms with Gasteiger partial charge in [-0.2, -0.15) is 0 Å². The summed E-state index contributed by atoms with van der Waals surface area (Å²) < 4.78 is 11.3. The third kappa shape index (κ3) is 3.00. The van der Waals surface area contributed by atoms with Crippen molar-refractivity contribution in [3.05, 3.63) is 41.9 Å². The lowest BCUT2D eigenvalue weighted by Gasteiger charge is -2.17. The summed E-state index contributed by atoms with van der Waals surface area (Å²) in [6.07, 6.45) is 6.00. The Morgan fingerprint density at radius 3 is 2.60 bits per heavy atom. The first-order chi connectivity index (χ1) is 9.52. The molecular weight excluding hydrogens is 252 g/mol. The molecule has 0 radical (unpaired) electrons. The molecule has 0 amide bonds. The van der Waals surface area contributed by atoms with Crippen LogP contribution in [0.1, 0.15) is 56.9 Å². The summed E-state index contributed by atoms with van der Waals surface area (Å²) in [6.45, 7) is 6.77. The molecule has 0 aliphatic heterocycles. The molecule has 0 N–H and O–H groups in total. The van der Waals surface area contributed by atoms with E-state index in [2.05, 4.69) is 30.7 Å². The van der Waals surface area contributed by atoms with E-state index >= 15 is 0 Å². The molecule has 1 fully saturated rings. The van der Waals surface area contributed by atoms with E-state index in [1.807, 2.05) is 18.3 Å². The van der Waals surface area contributed by atoms with E-state index in [1.165, 1.54) is 12.8 Å². The Bertz CT molecular complexity index is 577. The predicted octanol–water partition coefficient (Wildman–Crippen LogP) is 3.82. The first kappa shape index (κ1) is 13.2. The summed E-state index contributed by atoms with van der Waals surface area (Å²) in [6, 6.07) is 3.94. The van der Waals surface area contributed by atoms with E-state index in [4.69, 9.17) is 9.15 Å². The van der Waals surface area contributed by atoms with Crippen LogP contribution >= 0.6 is 0 Å². The van der Waals surface area contributed by atoms with Crippen LogP contribution in [0, 0.1) is 0 Å². The van der Waals surface area contributed by atoms with Gasteiger partial charge in [0.1, 0.15) is 11.5 Å². The van der Waals surface area contributed by atoms with E-state index in [1.54, 1.807) is 6.20 Å². The summed E-state index contributed by atoms with van der Waals surface area (Å²) in [4.78, 5) is 8.67. The van der Waals surface area contributed by atoms with E-state index in [9.17, 15) is 0 Å². The van der Waals surface area contributed by atoms with Crippen molar-refractivity contribution in [1.82, 2.24) is 9.97 Å². The highest BCUT2D eigenvalue weighted by Gasteiger charge is 2.27. The quantitative estimate of drug-likeness (QED) is 0.848. The van der Waals surface area contributed by atoms with E-state index in [0.717, 1.165) is 17.2 Å². The average Bonchev–Trinajstić information content (AvgIpc) is 3.15. The van der Waals surface area contributed by atoms with Gasteiger partial charge in [-0.15, -0.1) is 0 Å². The van der Waals surface area contributed by atoms with Crippen molar-refractivity contribution in [2.24, 2.45) is 0 Å². The smallest absolute Gasteiger partial charge is 0.232 e. The molecule has 4 nitrogen and oxygen atoms in total. The molecule has 0 bridgehead atoms. The normalized spacial score (nSPS) is 15.3. The van der Waals surface area contributed by atoms with Gasteiger partial charge < -0.3 is 9.15 Å². The fraction of sp³-hybridized carbons (Fsp3) is 0.500. The Hall–Kier alpha value is -1.84. The minimum atomic E-state index is 0.0558. The van der Waals surface area contributed by atoms with Gasteiger partial charge in [0.15, 0.2) is 6.61 Å². The largest absolute Gasteiger partial charge is 0.482 e. The number of aromatic nitrogens is 2. The third-order valence-electron chi connectivity index (χ3n) is 3.42. The molecule has 2 heterocycles. The predicted molar refractivity (Wildman–Crippen MR) is 75.7 cm³/mol. The molecule has 0 unspecified atom stereocenters. The highest BCUT2D eigenvalue weighted by Crippen LogP contribution is 2.40. The van der Waals surface area contributed by atoms with Crippen molar-refractivity contribution in [3.8, 4) is 5.75 Å². The number of pyridine rings is 1. The first-order valence-corrected chi connectivity index (χ1v) is 7.06. The summed E-state index contributed by atoms with van der Waals surface area (Å²) >= 11 is 0. The van der Waals surface area contributed by atoms with Crippen LogP contribution in [0.25, 0.3) is 0 Å². The second-order valence-corrected chi connectivity index (χ2v) is 6.35. The fourth-order valence-corrected chi connectivity index (χ4v) is 2.00. The zero-order valence-electron chi connectivity index (χ0n) is 12.2. The average molecular weight is 272 g/mol. The molecule has 0 aromatic carbocycles. The Balaban J connectivity index is 1.59. The van der Waals surface area contributed by atoms with Crippen molar-refractivity contribution < 1.29 is 9.15 Å². The lowest BCUT2D eigenvalue weighted by Crippen LogP contribution is -2.13. The maximum atomic E-state index is 5.65. The van der Waals surface area contributed by atoms with Crippen LogP contribution < -0.4 is 4.74 Å². The van der Waals surface area contributed by atoms with Crippen LogP contribution in [0.2, 0.25) is 0 Å². The second-order valence-electron chi connectivity index (χ2n) is 6.35. The minimum Gasteiger partial charge on any atom is -0.482 e. The molecule has 0 saturated heterocycles. The lowest BCUT2D eigenvalue weighted by molar-refractivity contribution is 0.258.